The SMILES string of the molecule is CN(OC(=O)OCc1c(-c2ccc(O[C@H]3CCC[C@H](C(=O)O)C3)c(C#N)n2)nnn1C)C1CCCC1. The van der Waals surface area contributed by atoms with E-state index in [-0.39, 0.29) is 30.2 Å². The number of ether oxygens (including phenoxy) is 2. The molecule has 0 radical (unpaired) electrons. The number of carboxylic acids is 1. The molecule has 4 rings (SSSR count). The lowest BCUT2D eigenvalue weighted by molar-refractivity contribution is -0.143. The summed E-state index contributed by atoms with van der Waals surface area (Å²) in [6.07, 6.45) is 5.54. The molecule has 0 amide bonds. The molecular formula is C24H30N6O6. The highest BCUT2D eigenvalue weighted by molar-refractivity contribution is 5.70. The molecule has 12 heteroatoms. The molecule has 2 aliphatic carbocycles. The predicted molar refractivity (Wildman–Crippen MR) is 124 cm³/mol. The summed E-state index contributed by atoms with van der Waals surface area (Å²) in [4.78, 5) is 33.2. The van der Waals surface area contributed by atoms with Gasteiger partial charge in [0.15, 0.2) is 11.4 Å². The van der Waals surface area contributed by atoms with Crippen molar-refractivity contribution in [2.45, 2.75) is 70.1 Å². The number of hydroxylamine groups is 2. The van der Waals surface area contributed by atoms with Crippen LogP contribution in [0.15, 0.2) is 12.1 Å². The Morgan fingerprint density at radius 3 is 2.72 bits per heavy atom. The van der Waals surface area contributed by atoms with Crippen molar-refractivity contribution >= 4 is 12.1 Å². The van der Waals surface area contributed by atoms with Crippen molar-refractivity contribution in [2.24, 2.45) is 13.0 Å². The Balaban J connectivity index is 1.43. The van der Waals surface area contributed by atoms with Gasteiger partial charge in [-0.1, -0.05) is 18.1 Å². The van der Waals surface area contributed by atoms with Crippen molar-refractivity contribution in [3.63, 3.8) is 0 Å². The maximum absolute atomic E-state index is 12.2. The monoisotopic (exact) mass is 498 g/mol. The highest BCUT2D eigenvalue weighted by atomic mass is 16.8. The molecule has 192 valence electrons. The summed E-state index contributed by atoms with van der Waals surface area (Å²) in [6.45, 7) is -0.142. The molecule has 2 aromatic rings. The van der Waals surface area contributed by atoms with Gasteiger partial charge in [0.25, 0.3) is 0 Å². The van der Waals surface area contributed by atoms with Gasteiger partial charge >= 0.3 is 12.1 Å². The van der Waals surface area contributed by atoms with Gasteiger partial charge in [-0.05, 0) is 50.7 Å². The fourth-order valence-electron chi connectivity index (χ4n) is 4.76. The van der Waals surface area contributed by atoms with Gasteiger partial charge in [0.2, 0.25) is 0 Å². The third-order valence-electron chi connectivity index (χ3n) is 6.80. The minimum absolute atomic E-state index is 0.0556. The zero-order chi connectivity index (χ0) is 25.7. The Morgan fingerprint density at radius 1 is 1.22 bits per heavy atom. The Hall–Kier alpha value is -3.72. The number of hydrogen-bond donors (Lipinski definition) is 1. The second-order valence-corrected chi connectivity index (χ2v) is 9.22. The van der Waals surface area contributed by atoms with Gasteiger partial charge in [0.05, 0.1) is 17.7 Å². The fraction of sp³-hybridized carbons (Fsp3) is 0.583. The molecule has 2 fully saturated rings. The number of aryl methyl sites for hydroxylation is 1. The van der Waals surface area contributed by atoms with Crippen molar-refractivity contribution < 1.29 is 29.0 Å². The van der Waals surface area contributed by atoms with Crippen LogP contribution in [0, 0.1) is 17.2 Å². The summed E-state index contributed by atoms with van der Waals surface area (Å²) in [5.41, 5.74) is 1.27. The fourth-order valence-corrected chi connectivity index (χ4v) is 4.76. The van der Waals surface area contributed by atoms with Crippen molar-refractivity contribution in [3.05, 3.63) is 23.5 Å². The van der Waals surface area contributed by atoms with Gasteiger partial charge in [-0.3, -0.25) is 4.79 Å². The number of nitrogens with zero attached hydrogens (tertiary/aromatic N) is 6. The van der Waals surface area contributed by atoms with Crippen molar-refractivity contribution in [2.75, 3.05) is 7.05 Å². The summed E-state index contributed by atoms with van der Waals surface area (Å²) < 4.78 is 12.7. The average molecular weight is 499 g/mol. The molecule has 2 heterocycles. The molecule has 36 heavy (non-hydrogen) atoms. The van der Waals surface area contributed by atoms with E-state index in [1.165, 1.54) is 4.68 Å². The highest BCUT2D eigenvalue weighted by Crippen LogP contribution is 2.31. The standard InChI is InChI=1S/C24H30N6O6/c1-29-20(14-34-24(33)36-30(2)16-7-3-4-8-16)22(27-28-29)18-10-11-21(19(13-25)26-18)35-17-9-5-6-15(12-17)23(31)32/h10-11,15-17H,3-9,12,14H2,1-2H3,(H,31,32)/t15-,17-/m0/s1. The van der Waals surface area contributed by atoms with Gasteiger partial charge in [0, 0.05) is 20.1 Å². The summed E-state index contributed by atoms with van der Waals surface area (Å²) >= 11 is 0. The number of aromatic nitrogens is 4. The van der Waals surface area contributed by atoms with Crippen LogP contribution in [0.1, 0.15) is 62.8 Å². The maximum Gasteiger partial charge on any atom is 0.528 e. The lowest BCUT2D eigenvalue weighted by Crippen LogP contribution is -2.32. The number of carboxylic acid groups (broad SMARTS) is 1. The molecule has 0 spiro atoms. The summed E-state index contributed by atoms with van der Waals surface area (Å²) in [7, 11) is 3.39. The summed E-state index contributed by atoms with van der Waals surface area (Å²) in [5.74, 6) is -0.991. The van der Waals surface area contributed by atoms with Gasteiger partial charge in [-0.25, -0.2) is 14.5 Å². The van der Waals surface area contributed by atoms with Gasteiger partial charge < -0.3 is 19.4 Å². The molecule has 0 aromatic carbocycles. The van der Waals surface area contributed by atoms with E-state index >= 15 is 0 Å². The zero-order valence-corrected chi connectivity index (χ0v) is 20.4. The number of carbonyl (C=O) groups is 2. The van der Waals surface area contributed by atoms with Gasteiger partial charge in [-0.15, -0.1) is 10.2 Å². The smallest absolute Gasteiger partial charge is 0.487 e. The number of hydrogen-bond acceptors (Lipinski definition) is 10. The Kier molecular flexibility index (Phi) is 8.00. The lowest BCUT2D eigenvalue weighted by Gasteiger charge is -2.27. The lowest BCUT2D eigenvalue weighted by atomic mass is 9.87. The van der Waals surface area contributed by atoms with E-state index in [4.69, 9.17) is 14.3 Å². The number of carbonyl (C=O) groups excluding carboxylic acids is 1. The minimum atomic E-state index is -0.830. The quantitative estimate of drug-likeness (QED) is 0.421. The van der Waals surface area contributed by atoms with Crippen LogP contribution in [-0.2, 0) is 28.0 Å². The normalized spacial score (nSPS) is 20.2. The number of pyridine rings is 1. The Morgan fingerprint density at radius 2 is 2.00 bits per heavy atom. The molecule has 2 aromatic heterocycles. The molecule has 0 bridgehead atoms. The second-order valence-electron chi connectivity index (χ2n) is 9.22. The topological polar surface area (TPSA) is 153 Å². The Labute approximate surface area is 208 Å². The molecule has 2 aliphatic rings. The highest BCUT2D eigenvalue weighted by Gasteiger charge is 2.29. The molecule has 2 atom stereocenters. The number of aliphatic carboxylic acids is 1. The largest absolute Gasteiger partial charge is 0.528 e. The molecule has 2 saturated carbocycles. The van der Waals surface area contributed by atoms with Crippen molar-refractivity contribution in [3.8, 4) is 23.2 Å². The number of nitriles is 1. The predicted octanol–water partition coefficient (Wildman–Crippen LogP) is 3.21. The molecular weight excluding hydrogens is 468 g/mol. The minimum Gasteiger partial charge on any atom is -0.487 e. The van der Waals surface area contributed by atoms with E-state index in [2.05, 4.69) is 15.3 Å². The van der Waals surface area contributed by atoms with Gasteiger partial charge in [-0.2, -0.15) is 5.26 Å². The van der Waals surface area contributed by atoms with Crippen LogP contribution in [0.5, 0.6) is 5.75 Å². The van der Waals surface area contributed by atoms with Crippen LogP contribution in [0.3, 0.4) is 0 Å². The van der Waals surface area contributed by atoms with E-state index in [0.29, 0.717) is 36.3 Å². The first-order valence-electron chi connectivity index (χ1n) is 12.1. The van der Waals surface area contributed by atoms with Crippen LogP contribution in [0.4, 0.5) is 4.79 Å². The maximum atomic E-state index is 12.2. The second kappa shape index (κ2) is 11.3. The van der Waals surface area contributed by atoms with Crippen molar-refractivity contribution in [1.29, 1.82) is 5.26 Å². The first kappa shape index (κ1) is 25.4. The molecule has 0 aliphatic heterocycles. The summed E-state index contributed by atoms with van der Waals surface area (Å²) in [5, 5.41) is 28.7. The van der Waals surface area contributed by atoms with E-state index in [0.717, 1.165) is 32.1 Å². The first-order chi connectivity index (χ1) is 17.4. The van der Waals surface area contributed by atoms with Crippen LogP contribution in [0.25, 0.3) is 11.4 Å². The van der Waals surface area contributed by atoms with Crippen molar-refractivity contribution in [1.82, 2.24) is 25.0 Å². The van der Waals surface area contributed by atoms with E-state index in [1.807, 2.05) is 6.07 Å². The van der Waals surface area contributed by atoms with Crippen LogP contribution in [-0.4, -0.2) is 61.5 Å². The zero-order valence-electron chi connectivity index (χ0n) is 20.4. The van der Waals surface area contributed by atoms with Crippen LogP contribution in [0.2, 0.25) is 0 Å². The third kappa shape index (κ3) is 5.91. The molecule has 1 N–H and O–H groups in total. The number of rotatable bonds is 8. The molecule has 0 unspecified atom stereocenters. The van der Waals surface area contributed by atoms with E-state index in [1.54, 1.807) is 31.3 Å². The van der Waals surface area contributed by atoms with Gasteiger partial charge in [0.1, 0.15) is 24.1 Å². The third-order valence-corrected chi connectivity index (χ3v) is 6.80. The van der Waals surface area contributed by atoms with E-state index in [9.17, 15) is 20.0 Å². The molecule has 12 nitrogen and oxygen atoms in total. The van der Waals surface area contributed by atoms with Crippen LogP contribution >= 0.6 is 0 Å². The van der Waals surface area contributed by atoms with Crippen LogP contribution < -0.4 is 4.74 Å². The molecule has 0 saturated heterocycles. The first-order valence-corrected chi connectivity index (χ1v) is 12.1. The Bertz CT molecular complexity index is 1140. The average Bonchev–Trinajstić information content (AvgIpc) is 3.53. The van der Waals surface area contributed by atoms with E-state index < -0.39 is 18.0 Å². The summed E-state index contributed by atoms with van der Waals surface area (Å²) in [6, 6.07) is 5.50.